The van der Waals surface area contributed by atoms with Crippen LogP contribution < -0.4 is 9.47 Å². The predicted molar refractivity (Wildman–Crippen MR) is 73.1 cm³/mol. The Kier molecular flexibility index (Phi) is 3.69. The van der Waals surface area contributed by atoms with E-state index in [2.05, 4.69) is 20.9 Å². The summed E-state index contributed by atoms with van der Waals surface area (Å²) in [5.74, 6) is 1.63. The fourth-order valence-electron chi connectivity index (χ4n) is 1.70. The number of rotatable bonds is 3. The molecule has 0 radical (unpaired) electrons. The summed E-state index contributed by atoms with van der Waals surface area (Å²) >= 11 is 4.93. The first kappa shape index (κ1) is 12.4. The number of thiazole rings is 1. The monoisotopic (exact) mass is 313 g/mol. The Morgan fingerprint density at radius 1 is 1.24 bits per heavy atom. The van der Waals surface area contributed by atoms with Gasteiger partial charge in [0.15, 0.2) is 0 Å². The van der Waals surface area contributed by atoms with Crippen LogP contribution in [-0.2, 0) is 0 Å². The summed E-state index contributed by atoms with van der Waals surface area (Å²) in [7, 11) is 3.31. The quantitative estimate of drug-likeness (QED) is 0.861. The van der Waals surface area contributed by atoms with Crippen molar-refractivity contribution in [1.29, 1.82) is 0 Å². The maximum absolute atomic E-state index is 5.45. The van der Waals surface area contributed by atoms with Crippen LogP contribution in [0.4, 0.5) is 0 Å². The van der Waals surface area contributed by atoms with Gasteiger partial charge < -0.3 is 9.47 Å². The molecule has 0 bridgehead atoms. The van der Waals surface area contributed by atoms with Crippen molar-refractivity contribution in [3.63, 3.8) is 0 Å². The molecule has 1 aromatic carbocycles. The van der Waals surface area contributed by atoms with E-state index in [4.69, 9.17) is 9.47 Å². The molecule has 3 nitrogen and oxygen atoms in total. The number of halogens is 1. The summed E-state index contributed by atoms with van der Waals surface area (Å²) in [5, 5.41) is 2.88. The largest absolute Gasteiger partial charge is 0.496 e. The highest BCUT2D eigenvalue weighted by molar-refractivity contribution is 9.10. The first-order valence-electron chi connectivity index (χ1n) is 5.00. The number of ether oxygens (including phenoxy) is 2. The van der Waals surface area contributed by atoms with Crippen LogP contribution in [-0.4, -0.2) is 19.2 Å². The molecule has 0 saturated heterocycles. The molecular formula is C12H12BrNO2S. The Labute approximate surface area is 113 Å². The lowest BCUT2D eigenvalue weighted by Crippen LogP contribution is -1.94. The van der Waals surface area contributed by atoms with E-state index < -0.39 is 0 Å². The number of aromatic nitrogens is 1. The zero-order valence-corrected chi connectivity index (χ0v) is 12.2. The summed E-state index contributed by atoms with van der Waals surface area (Å²) in [6.07, 6.45) is 0. The van der Waals surface area contributed by atoms with Gasteiger partial charge in [-0.3, -0.25) is 0 Å². The first-order valence-corrected chi connectivity index (χ1v) is 6.67. The summed E-state index contributed by atoms with van der Waals surface area (Å²) in [6, 6.07) is 3.90. The van der Waals surface area contributed by atoms with Crippen LogP contribution in [0.2, 0.25) is 0 Å². The Morgan fingerprint density at radius 2 is 2.00 bits per heavy atom. The molecule has 0 spiro atoms. The van der Waals surface area contributed by atoms with E-state index in [1.807, 2.05) is 24.4 Å². The van der Waals surface area contributed by atoms with Crippen LogP contribution in [0.3, 0.4) is 0 Å². The van der Waals surface area contributed by atoms with E-state index in [1.54, 1.807) is 25.6 Å². The first-order chi connectivity index (χ1) is 8.17. The number of nitrogens with zero attached hydrogens (tertiary/aromatic N) is 1. The second-order valence-corrected chi connectivity index (χ2v) is 5.12. The molecule has 2 aromatic rings. The zero-order valence-electron chi connectivity index (χ0n) is 9.78. The molecule has 17 heavy (non-hydrogen) atoms. The number of benzene rings is 1. The third-order valence-electron chi connectivity index (χ3n) is 2.49. The van der Waals surface area contributed by atoms with Crippen LogP contribution >= 0.6 is 27.3 Å². The number of hydrogen-bond donors (Lipinski definition) is 0. The van der Waals surface area contributed by atoms with Crippen LogP contribution in [0.15, 0.2) is 22.1 Å². The van der Waals surface area contributed by atoms with Crippen LogP contribution in [0.5, 0.6) is 11.5 Å². The van der Waals surface area contributed by atoms with Gasteiger partial charge in [-0.2, -0.15) is 0 Å². The highest BCUT2D eigenvalue weighted by atomic mass is 79.9. The lowest BCUT2D eigenvalue weighted by Gasteiger charge is -2.12. The third kappa shape index (κ3) is 2.30. The minimum absolute atomic E-state index is 0.811. The van der Waals surface area contributed by atoms with Gasteiger partial charge in [-0.25, -0.2) is 4.98 Å². The van der Waals surface area contributed by atoms with Crippen molar-refractivity contribution >= 4 is 27.3 Å². The average Bonchev–Trinajstić information content (AvgIpc) is 2.75. The van der Waals surface area contributed by atoms with Crippen molar-refractivity contribution in [3.8, 4) is 22.1 Å². The van der Waals surface area contributed by atoms with Gasteiger partial charge >= 0.3 is 0 Å². The molecule has 0 unspecified atom stereocenters. The fourth-order valence-corrected chi connectivity index (χ4v) is 2.98. The molecule has 2 rings (SSSR count). The molecule has 0 aliphatic heterocycles. The van der Waals surface area contributed by atoms with Crippen molar-refractivity contribution in [2.24, 2.45) is 0 Å². The van der Waals surface area contributed by atoms with Gasteiger partial charge in [0.2, 0.25) is 0 Å². The average molecular weight is 314 g/mol. The fraction of sp³-hybridized carbons (Fsp3) is 0.250. The summed E-state index contributed by atoms with van der Waals surface area (Å²) < 4.78 is 11.6. The van der Waals surface area contributed by atoms with E-state index in [0.29, 0.717) is 0 Å². The minimum Gasteiger partial charge on any atom is -0.496 e. The predicted octanol–water partition coefficient (Wildman–Crippen LogP) is 3.90. The molecule has 0 aliphatic rings. The molecule has 90 valence electrons. The minimum atomic E-state index is 0.811. The van der Waals surface area contributed by atoms with Crippen molar-refractivity contribution in [3.05, 3.63) is 27.7 Å². The lowest BCUT2D eigenvalue weighted by molar-refractivity contribution is 0.390. The Bertz CT molecular complexity index is 539. The van der Waals surface area contributed by atoms with Gasteiger partial charge in [0.1, 0.15) is 21.1 Å². The van der Waals surface area contributed by atoms with Gasteiger partial charge in [0, 0.05) is 10.9 Å². The van der Waals surface area contributed by atoms with E-state index in [9.17, 15) is 0 Å². The van der Waals surface area contributed by atoms with Crippen molar-refractivity contribution < 1.29 is 9.47 Å². The molecule has 0 saturated carbocycles. The summed E-state index contributed by atoms with van der Waals surface area (Å²) in [5.41, 5.74) is 1.97. The second kappa shape index (κ2) is 5.06. The number of hydrogen-bond acceptors (Lipinski definition) is 4. The van der Waals surface area contributed by atoms with Gasteiger partial charge in [-0.1, -0.05) is 0 Å². The SMILES string of the molecule is COc1ccc(-c2nc(Br)cs2)c(OC)c1C. The van der Waals surface area contributed by atoms with Crippen LogP contribution in [0.1, 0.15) is 5.56 Å². The molecule has 0 N–H and O–H groups in total. The standard InChI is InChI=1S/C12H12BrNO2S/c1-7-9(15-2)5-4-8(11(7)16-3)12-14-10(13)6-17-12/h4-6H,1-3H3. The zero-order chi connectivity index (χ0) is 12.4. The van der Waals surface area contributed by atoms with Crippen LogP contribution in [0.25, 0.3) is 10.6 Å². The maximum Gasteiger partial charge on any atom is 0.135 e. The van der Waals surface area contributed by atoms with Gasteiger partial charge in [-0.15, -0.1) is 11.3 Å². The van der Waals surface area contributed by atoms with E-state index in [-0.39, 0.29) is 0 Å². The molecule has 1 aromatic heterocycles. The summed E-state index contributed by atoms with van der Waals surface area (Å²) in [6.45, 7) is 1.98. The normalized spacial score (nSPS) is 10.4. The molecule has 0 atom stereocenters. The van der Waals surface area contributed by atoms with Crippen molar-refractivity contribution in [1.82, 2.24) is 4.98 Å². The molecule has 0 aliphatic carbocycles. The molecule has 0 amide bonds. The maximum atomic E-state index is 5.45. The molecular weight excluding hydrogens is 302 g/mol. The molecule has 0 fully saturated rings. The molecule has 5 heteroatoms. The van der Waals surface area contributed by atoms with Crippen molar-refractivity contribution in [2.75, 3.05) is 14.2 Å². The van der Waals surface area contributed by atoms with Gasteiger partial charge in [-0.05, 0) is 35.0 Å². The van der Waals surface area contributed by atoms with Crippen LogP contribution in [0, 0.1) is 6.92 Å². The van der Waals surface area contributed by atoms with E-state index >= 15 is 0 Å². The Balaban J connectivity index is 2.58. The highest BCUT2D eigenvalue weighted by Crippen LogP contribution is 2.39. The summed E-state index contributed by atoms with van der Waals surface area (Å²) in [4.78, 5) is 4.40. The Hall–Kier alpha value is -1.07. The second-order valence-electron chi connectivity index (χ2n) is 3.45. The smallest absolute Gasteiger partial charge is 0.135 e. The van der Waals surface area contributed by atoms with Gasteiger partial charge in [0.05, 0.1) is 19.8 Å². The van der Waals surface area contributed by atoms with Crippen molar-refractivity contribution in [2.45, 2.75) is 6.92 Å². The molecule has 1 heterocycles. The third-order valence-corrected chi connectivity index (χ3v) is 4.07. The number of methoxy groups -OCH3 is 2. The highest BCUT2D eigenvalue weighted by Gasteiger charge is 2.14. The lowest BCUT2D eigenvalue weighted by atomic mass is 10.1. The van der Waals surface area contributed by atoms with Gasteiger partial charge in [0.25, 0.3) is 0 Å². The Morgan fingerprint density at radius 3 is 2.53 bits per heavy atom. The van der Waals surface area contributed by atoms with E-state index in [1.165, 1.54) is 0 Å². The van der Waals surface area contributed by atoms with E-state index in [0.717, 1.165) is 32.2 Å². The topological polar surface area (TPSA) is 31.4 Å².